The van der Waals surface area contributed by atoms with Gasteiger partial charge in [-0.1, -0.05) is 24.3 Å². The van der Waals surface area contributed by atoms with Gasteiger partial charge in [-0.3, -0.25) is 4.79 Å². The molecule has 0 saturated carbocycles. The summed E-state index contributed by atoms with van der Waals surface area (Å²) in [5, 5.41) is 12.8. The second-order valence-electron chi connectivity index (χ2n) is 4.57. The smallest absolute Gasteiger partial charge is 0.252 e. The van der Waals surface area contributed by atoms with Gasteiger partial charge in [0.15, 0.2) is 0 Å². The molecule has 0 bridgehead atoms. The summed E-state index contributed by atoms with van der Waals surface area (Å²) in [6.45, 7) is 0.623. The number of hydrogen-bond donors (Lipinski definition) is 2. The van der Waals surface area contributed by atoms with Crippen LogP contribution in [0.4, 0.5) is 0 Å². The first-order valence-electron chi connectivity index (χ1n) is 6.70. The maximum absolute atomic E-state index is 11.9. The molecule has 21 heavy (non-hydrogen) atoms. The molecular weight excluding hydrogens is 284 g/mol. The molecule has 1 aromatic carbocycles. The molecule has 0 aliphatic heterocycles. The van der Waals surface area contributed by atoms with Gasteiger partial charge in [-0.2, -0.15) is 0 Å². The van der Waals surface area contributed by atoms with Crippen LogP contribution in [0.25, 0.3) is 0 Å². The average molecular weight is 302 g/mol. The number of benzene rings is 1. The molecule has 0 atom stereocenters. The predicted molar refractivity (Wildman–Crippen MR) is 84.4 cm³/mol. The van der Waals surface area contributed by atoms with Crippen LogP contribution in [0.1, 0.15) is 21.5 Å². The van der Waals surface area contributed by atoms with Crippen LogP contribution < -0.4 is 5.32 Å². The van der Waals surface area contributed by atoms with Gasteiger partial charge in [0.2, 0.25) is 0 Å². The summed E-state index contributed by atoms with van der Waals surface area (Å²) >= 11 is 1.55. The number of thioether (sulfide) groups is 1. The predicted octanol–water partition coefficient (Wildman–Crippen LogP) is 2.27. The molecule has 1 heterocycles. The van der Waals surface area contributed by atoms with Gasteiger partial charge in [-0.25, -0.2) is 4.98 Å². The van der Waals surface area contributed by atoms with Crippen molar-refractivity contribution in [2.45, 2.75) is 18.1 Å². The van der Waals surface area contributed by atoms with Crippen LogP contribution in [0, 0.1) is 0 Å². The van der Waals surface area contributed by atoms with Crippen molar-refractivity contribution in [1.82, 2.24) is 10.3 Å². The minimum absolute atomic E-state index is 0.0516. The normalized spacial score (nSPS) is 10.4. The molecule has 1 amide bonds. The maximum atomic E-state index is 11.9. The molecule has 0 unspecified atom stereocenters. The van der Waals surface area contributed by atoms with Crippen molar-refractivity contribution in [1.29, 1.82) is 0 Å². The fraction of sp³-hybridized carbons (Fsp3) is 0.250. The van der Waals surface area contributed by atoms with Crippen molar-refractivity contribution >= 4 is 17.7 Å². The molecule has 2 N–H and O–H groups in total. The van der Waals surface area contributed by atoms with E-state index in [0.717, 1.165) is 22.6 Å². The highest BCUT2D eigenvalue weighted by Crippen LogP contribution is 2.11. The number of pyridine rings is 1. The number of carbonyl (C=O) groups excluding carboxylic acids is 1. The number of rotatable bonds is 6. The largest absolute Gasteiger partial charge is 0.392 e. The van der Waals surface area contributed by atoms with E-state index in [1.54, 1.807) is 24.0 Å². The van der Waals surface area contributed by atoms with Crippen LogP contribution in [0.5, 0.6) is 0 Å². The molecule has 0 fully saturated rings. The molecule has 110 valence electrons. The third kappa shape index (κ3) is 4.58. The molecule has 2 rings (SSSR count). The highest BCUT2D eigenvalue weighted by atomic mass is 32.2. The van der Waals surface area contributed by atoms with Crippen molar-refractivity contribution < 1.29 is 9.90 Å². The van der Waals surface area contributed by atoms with E-state index in [9.17, 15) is 4.79 Å². The van der Waals surface area contributed by atoms with Gasteiger partial charge in [0.05, 0.1) is 17.2 Å². The second kappa shape index (κ2) is 7.81. The number of aliphatic hydroxyl groups is 1. The topological polar surface area (TPSA) is 62.2 Å². The van der Waals surface area contributed by atoms with Crippen LogP contribution >= 0.6 is 11.8 Å². The SMILES string of the molecule is CSc1ccc(C(=O)NCCc2ccc(CO)cc2)cn1. The lowest BCUT2D eigenvalue weighted by Gasteiger charge is -2.06. The highest BCUT2D eigenvalue weighted by Gasteiger charge is 2.05. The van der Waals surface area contributed by atoms with E-state index in [1.807, 2.05) is 36.6 Å². The number of nitrogens with one attached hydrogen (secondary N) is 1. The van der Waals surface area contributed by atoms with Gasteiger partial charge in [-0.05, 0) is 35.9 Å². The zero-order valence-corrected chi connectivity index (χ0v) is 12.7. The van der Waals surface area contributed by atoms with Gasteiger partial charge in [0.25, 0.3) is 5.91 Å². The van der Waals surface area contributed by atoms with Crippen LogP contribution in [-0.4, -0.2) is 28.8 Å². The van der Waals surface area contributed by atoms with E-state index in [4.69, 9.17) is 5.11 Å². The Bertz CT molecular complexity index is 582. The fourth-order valence-electron chi connectivity index (χ4n) is 1.87. The number of nitrogens with zero attached hydrogens (tertiary/aromatic N) is 1. The number of hydrogen-bond acceptors (Lipinski definition) is 4. The van der Waals surface area contributed by atoms with Crippen LogP contribution in [0.2, 0.25) is 0 Å². The lowest BCUT2D eigenvalue weighted by molar-refractivity contribution is 0.0953. The first-order chi connectivity index (χ1) is 10.2. The molecule has 0 aliphatic carbocycles. The number of aromatic nitrogens is 1. The van der Waals surface area contributed by atoms with Crippen LogP contribution in [0.3, 0.4) is 0 Å². The van der Waals surface area contributed by atoms with Crippen molar-refractivity contribution in [3.63, 3.8) is 0 Å². The molecule has 0 saturated heterocycles. The van der Waals surface area contributed by atoms with E-state index >= 15 is 0 Å². The summed E-state index contributed by atoms with van der Waals surface area (Å²) in [4.78, 5) is 16.1. The van der Waals surface area contributed by atoms with E-state index in [-0.39, 0.29) is 12.5 Å². The van der Waals surface area contributed by atoms with Gasteiger partial charge in [0.1, 0.15) is 0 Å². The molecule has 0 aliphatic rings. The van der Waals surface area contributed by atoms with E-state index in [1.165, 1.54) is 0 Å². The van der Waals surface area contributed by atoms with Crippen molar-refractivity contribution in [2.24, 2.45) is 0 Å². The van der Waals surface area contributed by atoms with Crippen molar-refractivity contribution in [2.75, 3.05) is 12.8 Å². The van der Waals surface area contributed by atoms with Crippen molar-refractivity contribution in [3.8, 4) is 0 Å². The van der Waals surface area contributed by atoms with Gasteiger partial charge in [0, 0.05) is 12.7 Å². The molecule has 1 aromatic heterocycles. The molecule has 4 nitrogen and oxygen atoms in total. The third-order valence-corrected chi connectivity index (χ3v) is 3.77. The van der Waals surface area contributed by atoms with Gasteiger partial charge >= 0.3 is 0 Å². The van der Waals surface area contributed by atoms with E-state index < -0.39 is 0 Å². The Labute approximate surface area is 128 Å². The second-order valence-corrected chi connectivity index (χ2v) is 5.40. The minimum atomic E-state index is -0.109. The van der Waals surface area contributed by atoms with Crippen LogP contribution in [-0.2, 0) is 13.0 Å². The molecule has 0 spiro atoms. The molecule has 0 radical (unpaired) electrons. The Morgan fingerprint density at radius 2 is 1.90 bits per heavy atom. The molecular formula is C16H18N2O2S. The Kier molecular flexibility index (Phi) is 5.78. The Morgan fingerprint density at radius 3 is 2.48 bits per heavy atom. The lowest BCUT2D eigenvalue weighted by Crippen LogP contribution is -2.25. The summed E-state index contributed by atoms with van der Waals surface area (Å²) in [6, 6.07) is 11.3. The van der Waals surface area contributed by atoms with E-state index in [2.05, 4.69) is 10.3 Å². The Hall–Kier alpha value is -1.85. The monoisotopic (exact) mass is 302 g/mol. The van der Waals surface area contributed by atoms with Gasteiger partial charge < -0.3 is 10.4 Å². The third-order valence-electron chi connectivity index (χ3n) is 3.11. The van der Waals surface area contributed by atoms with Gasteiger partial charge in [-0.15, -0.1) is 11.8 Å². The zero-order chi connectivity index (χ0) is 15.1. The molecule has 2 aromatic rings. The minimum Gasteiger partial charge on any atom is -0.392 e. The fourth-order valence-corrected chi connectivity index (χ4v) is 2.23. The van der Waals surface area contributed by atoms with Crippen LogP contribution in [0.15, 0.2) is 47.6 Å². The number of aliphatic hydroxyl groups excluding tert-OH is 1. The Balaban J connectivity index is 1.82. The summed E-state index contributed by atoms with van der Waals surface area (Å²) in [6.07, 6.45) is 4.30. The van der Waals surface area contributed by atoms with Crippen molar-refractivity contribution in [3.05, 3.63) is 59.3 Å². The lowest BCUT2D eigenvalue weighted by atomic mass is 10.1. The summed E-state index contributed by atoms with van der Waals surface area (Å²) < 4.78 is 0. The van der Waals surface area contributed by atoms with E-state index in [0.29, 0.717) is 12.1 Å². The zero-order valence-electron chi connectivity index (χ0n) is 11.9. The summed E-state index contributed by atoms with van der Waals surface area (Å²) in [5.74, 6) is -0.109. The quantitative estimate of drug-likeness (QED) is 0.804. The first kappa shape index (κ1) is 15.5. The first-order valence-corrected chi connectivity index (χ1v) is 7.92. The number of carbonyl (C=O) groups is 1. The number of amides is 1. The Morgan fingerprint density at radius 1 is 1.19 bits per heavy atom. The maximum Gasteiger partial charge on any atom is 0.252 e. The summed E-state index contributed by atoms with van der Waals surface area (Å²) in [7, 11) is 0. The highest BCUT2D eigenvalue weighted by molar-refractivity contribution is 7.98. The average Bonchev–Trinajstić information content (AvgIpc) is 2.55. The standard InChI is InChI=1S/C16H18N2O2S/c1-21-15-7-6-14(10-18-15)16(20)17-9-8-12-2-4-13(11-19)5-3-12/h2-7,10,19H,8-9,11H2,1H3,(H,17,20). The molecule has 5 heteroatoms. The summed E-state index contributed by atoms with van der Waals surface area (Å²) in [5.41, 5.74) is 2.59.